The van der Waals surface area contributed by atoms with Gasteiger partial charge >= 0.3 is 5.97 Å². The van der Waals surface area contributed by atoms with E-state index in [0.717, 1.165) is 56.4 Å². The fourth-order valence-corrected chi connectivity index (χ4v) is 5.71. The lowest BCUT2D eigenvalue weighted by molar-refractivity contribution is -0.120. The van der Waals surface area contributed by atoms with E-state index in [1.165, 1.54) is 0 Å². The number of carbonyl (C=O) groups excluding carboxylic acids is 1. The maximum Gasteiger partial charge on any atom is 0.335 e. The van der Waals surface area contributed by atoms with Crippen LogP contribution in [0.2, 0.25) is 0 Å². The van der Waals surface area contributed by atoms with Crippen LogP contribution in [0, 0.1) is 13.8 Å². The fraction of sp³-hybridized carbons (Fsp3) is 0.0500. The van der Waals surface area contributed by atoms with Crippen molar-refractivity contribution in [3.63, 3.8) is 0 Å². The minimum atomic E-state index is -0.951. The molecule has 226 valence electrons. The molecule has 1 N–H and O–H groups in total. The predicted octanol–water partition coefficient (Wildman–Crippen LogP) is 10.1. The first kappa shape index (κ1) is 29.9. The summed E-state index contributed by atoms with van der Waals surface area (Å²) in [4.78, 5) is 26.6. The number of carbonyl (C=O) groups is 2. The normalized spacial score (nSPS) is 10.7. The Hall–Kier alpha value is -6.14. The van der Waals surface area contributed by atoms with Crippen molar-refractivity contribution in [1.82, 2.24) is 0 Å². The first-order valence-corrected chi connectivity index (χ1v) is 14.9. The van der Waals surface area contributed by atoms with Crippen LogP contribution in [0.5, 0.6) is 5.75 Å². The molecule has 0 aromatic heterocycles. The van der Waals surface area contributed by atoms with Gasteiger partial charge in [0.25, 0.3) is 6.47 Å². The van der Waals surface area contributed by atoms with E-state index < -0.39 is 5.97 Å². The molecule has 0 atom stereocenters. The molecular weight excluding hydrogens is 572 g/mol. The first-order chi connectivity index (χ1) is 22.4. The van der Waals surface area contributed by atoms with Crippen molar-refractivity contribution in [3.05, 3.63) is 162 Å². The quantitative estimate of drug-likeness (QED) is 0.157. The number of rotatable bonds is 10. The van der Waals surface area contributed by atoms with Gasteiger partial charge in [-0.3, -0.25) is 4.79 Å². The molecular formula is C40H32N2O4. The number of ether oxygens (including phenoxy) is 1. The highest BCUT2D eigenvalue weighted by Crippen LogP contribution is 2.40. The van der Waals surface area contributed by atoms with E-state index in [2.05, 4.69) is 72.2 Å². The van der Waals surface area contributed by atoms with Gasteiger partial charge in [-0.2, -0.15) is 0 Å². The van der Waals surface area contributed by atoms with Crippen LogP contribution in [0.3, 0.4) is 0 Å². The second-order valence-electron chi connectivity index (χ2n) is 10.9. The number of hydrogen-bond acceptors (Lipinski definition) is 5. The lowest BCUT2D eigenvalue weighted by Crippen LogP contribution is -2.11. The SMILES string of the molecule is Cc1cc(N(c2ccccc2)c2ccc(OC=O)cc2)ccc1-c1ccc(N(c2ccccc2)c2ccc(C(=O)O)cc2)cc1C. The summed E-state index contributed by atoms with van der Waals surface area (Å²) in [6.45, 7) is 4.66. The number of aromatic carboxylic acids is 1. The molecule has 0 saturated heterocycles. The van der Waals surface area contributed by atoms with E-state index >= 15 is 0 Å². The number of anilines is 6. The number of nitrogens with zero attached hydrogens (tertiary/aromatic N) is 2. The van der Waals surface area contributed by atoms with E-state index in [1.807, 2.05) is 72.8 Å². The number of hydrogen-bond donors (Lipinski definition) is 1. The smallest absolute Gasteiger partial charge is 0.335 e. The summed E-state index contributed by atoms with van der Waals surface area (Å²) in [6, 6.07) is 47.5. The van der Waals surface area contributed by atoms with Crippen molar-refractivity contribution >= 4 is 46.6 Å². The van der Waals surface area contributed by atoms with E-state index in [1.54, 1.807) is 24.3 Å². The Kier molecular flexibility index (Phi) is 8.61. The second kappa shape index (κ2) is 13.2. The molecule has 0 saturated carbocycles. The maximum absolute atomic E-state index is 11.5. The van der Waals surface area contributed by atoms with Gasteiger partial charge in [0.15, 0.2) is 0 Å². The van der Waals surface area contributed by atoms with Crippen LogP contribution in [0.4, 0.5) is 34.1 Å². The van der Waals surface area contributed by atoms with E-state index in [4.69, 9.17) is 4.74 Å². The Morgan fingerprint density at radius 3 is 1.33 bits per heavy atom. The van der Waals surface area contributed by atoms with Crippen molar-refractivity contribution in [2.75, 3.05) is 9.80 Å². The Bertz CT molecular complexity index is 1970. The molecule has 0 amide bonds. The van der Waals surface area contributed by atoms with Crippen LogP contribution in [0.15, 0.2) is 146 Å². The van der Waals surface area contributed by atoms with Gasteiger partial charge in [-0.15, -0.1) is 0 Å². The first-order valence-electron chi connectivity index (χ1n) is 14.9. The third-order valence-electron chi connectivity index (χ3n) is 7.91. The Morgan fingerprint density at radius 1 is 0.543 bits per heavy atom. The van der Waals surface area contributed by atoms with Crippen molar-refractivity contribution in [3.8, 4) is 16.9 Å². The molecule has 46 heavy (non-hydrogen) atoms. The zero-order valence-electron chi connectivity index (χ0n) is 25.5. The number of benzene rings is 6. The Balaban J connectivity index is 1.36. The van der Waals surface area contributed by atoms with Gasteiger partial charge in [0, 0.05) is 34.1 Å². The summed E-state index contributed by atoms with van der Waals surface area (Å²) < 4.78 is 5.01. The van der Waals surface area contributed by atoms with Gasteiger partial charge < -0.3 is 19.6 Å². The topological polar surface area (TPSA) is 70.1 Å². The molecule has 6 aromatic rings. The second-order valence-corrected chi connectivity index (χ2v) is 10.9. The molecule has 0 heterocycles. The summed E-state index contributed by atoms with van der Waals surface area (Å²) in [5.41, 5.74) is 10.5. The average Bonchev–Trinajstić information content (AvgIpc) is 3.08. The van der Waals surface area contributed by atoms with Crippen LogP contribution >= 0.6 is 0 Å². The molecule has 0 aliphatic rings. The van der Waals surface area contributed by atoms with E-state index in [-0.39, 0.29) is 5.56 Å². The third kappa shape index (κ3) is 6.23. The van der Waals surface area contributed by atoms with Gasteiger partial charge in [-0.25, -0.2) is 4.79 Å². The lowest BCUT2D eigenvalue weighted by Gasteiger charge is -2.27. The Morgan fingerprint density at radius 2 is 0.935 bits per heavy atom. The summed E-state index contributed by atoms with van der Waals surface area (Å²) in [5, 5.41) is 9.41. The monoisotopic (exact) mass is 604 g/mol. The van der Waals surface area contributed by atoms with Gasteiger partial charge in [0.05, 0.1) is 5.56 Å². The minimum absolute atomic E-state index is 0.247. The van der Waals surface area contributed by atoms with Crippen molar-refractivity contribution < 1.29 is 19.4 Å². The zero-order chi connectivity index (χ0) is 32.0. The van der Waals surface area contributed by atoms with E-state index in [0.29, 0.717) is 12.2 Å². The molecule has 0 aliphatic carbocycles. The molecule has 0 bridgehead atoms. The highest BCUT2D eigenvalue weighted by atomic mass is 16.5. The van der Waals surface area contributed by atoms with Crippen LogP contribution in [0.25, 0.3) is 11.1 Å². The molecule has 6 heteroatoms. The fourth-order valence-electron chi connectivity index (χ4n) is 5.71. The van der Waals surface area contributed by atoms with Crippen LogP contribution in [-0.2, 0) is 4.79 Å². The highest BCUT2D eigenvalue weighted by Gasteiger charge is 2.17. The van der Waals surface area contributed by atoms with E-state index in [9.17, 15) is 14.7 Å². The highest BCUT2D eigenvalue weighted by molar-refractivity contribution is 5.89. The molecule has 0 aliphatic heterocycles. The molecule has 0 radical (unpaired) electrons. The van der Waals surface area contributed by atoms with Gasteiger partial charge in [0.1, 0.15) is 5.75 Å². The molecule has 6 nitrogen and oxygen atoms in total. The summed E-state index contributed by atoms with van der Waals surface area (Å²) in [5.74, 6) is -0.464. The van der Waals surface area contributed by atoms with Crippen LogP contribution < -0.4 is 14.5 Å². The summed E-state index contributed by atoms with van der Waals surface area (Å²) in [7, 11) is 0. The molecule has 0 unspecified atom stereocenters. The number of carboxylic acids is 1. The summed E-state index contributed by atoms with van der Waals surface area (Å²) >= 11 is 0. The van der Waals surface area contributed by atoms with Crippen molar-refractivity contribution in [2.24, 2.45) is 0 Å². The van der Waals surface area contributed by atoms with Gasteiger partial charge in [0.2, 0.25) is 0 Å². The standard InChI is InChI=1S/C40H32N2O4/c1-28-25-35(41(31-9-5-3-6-10-31)33-15-13-30(14-16-33)40(44)45)19-23-38(28)39-24-20-36(26-29(39)2)42(32-11-7-4-8-12-32)34-17-21-37(22-18-34)46-27-43/h3-27H,1-2H3,(H,44,45). The minimum Gasteiger partial charge on any atom is -0.478 e. The van der Waals surface area contributed by atoms with Crippen LogP contribution in [-0.4, -0.2) is 17.5 Å². The lowest BCUT2D eigenvalue weighted by atomic mass is 9.95. The van der Waals surface area contributed by atoms with Gasteiger partial charge in [-0.1, -0.05) is 48.5 Å². The summed E-state index contributed by atoms with van der Waals surface area (Å²) in [6.07, 6.45) is 0. The maximum atomic E-state index is 11.5. The van der Waals surface area contributed by atoms with Crippen molar-refractivity contribution in [1.29, 1.82) is 0 Å². The average molecular weight is 605 g/mol. The Labute approximate surface area is 268 Å². The molecule has 0 fully saturated rings. The largest absolute Gasteiger partial charge is 0.478 e. The van der Waals surface area contributed by atoms with Gasteiger partial charge in [-0.05, 0) is 133 Å². The van der Waals surface area contributed by atoms with Crippen LogP contribution in [0.1, 0.15) is 21.5 Å². The molecule has 6 aromatic carbocycles. The zero-order valence-corrected chi connectivity index (χ0v) is 25.5. The number of carboxylic acid groups (broad SMARTS) is 1. The molecule has 0 spiro atoms. The predicted molar refractivity (Wildman–Crippen MR) is 184 cm³/mol. The third-order valence-corrected chi connectivity index (χ3v) is 7.91. The number of aryl methyl sites for hydroxylation is 2. The number of para-hydroxylation sites is 2. The van der Waals surface area contributed by atoms with Crippen molar-refractivity contribution in [2.45, 2.75) is 13.8 Å². The molecule has 6 rings (SSSR count).